The van der Waals surface area contributed by atoms with Crippen LogP contribution >= 0.6 is 11.3 Å². The van der Waals surface area contributed by atoms with Crippen LogP contribution in [-0.4, -0.2) is 31.8 Å². The van der Waals surface area contributed by atoms with Crippen molar-refractivity contribution in [2.45, 2.75) is 45.1 Å². The highest BCUT2D eigenvalue weighted by atomic mass is 32.1. The van der Waals surface area contributed by atoms with Crippen molar-refractivity contribution in [3.8, 4) is 17.2 Å². The summed E-state index contributed by atoms with van der Waals surface area (Å²) in [5, 5.41) is 24.6. The lowest BCUT2D eigenvalue weighted by atomic mass is 10.0. The lowest BCUT2D eigenvalue weighted by molar-refractivity contribution is -0.121. The predicted octanol–water partition coefficient (Wildman–Crippen LogP) is 3.26. The first kappa shape index (κ1) is 19.4. The molecule has 1 aromatic carbocycles. The highest BCUT2D eigenvalue weighted by molar-refractivity contribution is 7.18. The minimum absolute atomic E-state index is 0.0446. The largest absolute Gasteiger partial charge is 0.424 e. The van der Waals surface area contributed by atoms with Gasteiger partial charge in [0, 0.05) is 5.56 Å². The number of nitrogens with one attached hydrogen (secondary N) is 1. The Kier molecular flexibility index (Phi) is 4.55. The van der Waals surface area contributed by atoms with Crippen LogP contribution < -0.4 is 5.32 Å². The van der Waals surface area contributed by atoms with Gasteiger partial charge >= 0.3 is 0 Å². The molecule has 31 heavy (non-hydrogen) atoms. The number of amides is 1. The van der Waals surface area contributed by atoms with E-state index >= 15 is 0 Å². The first-order valence-corrected chi connectivity index (χ1v) is 10.6. The predicted molar refractivity (Wildman–Crippen MR) is 111 cm³/mol. The van der Waals surface area contributed by atoms with Crippen LogP contribution in [0, 0.1) is 25.2 Å². The van der Waals surface area contributed by atoms with Gasteiger partial charge in [0.25, 0.3) is 0 Å². The summed E-state index contributed by atoms with van der Waals surface area (Å²) in [4.78, 5) is 16.7. The number of benzene rings is 1. The van der Waals surface area contributed by atoms with Crippen LogP contribution in [0.1, 0.15) is 41.1 Å². The molecule has 3 aromatic heterocycles. The van der Waals surface area contributed by atoms with Gasteiger partial charge in [-0.2, -0.15) is 5.26 Å². The Hall–Kier alpha value is -3.58. The third-order valence-corrected chi connectivity index (χ3v) is 6.24. The zero-order valence-corrected chi connectivity index (χ0v) is 17.7. The van der Waals surface area contributed by atoms with Crippen LogP contribution in [0.25, 0.3) is 21.3 Å². The zero-order chi connectivity index (χ0) is 21.6. The highest BCUT2D eigenvalue weighted by Gasteiger charge is 2.44. The molecular formula is C21H18N6O3S. The quantitative estimate of drug-likeness (QED) is 0.489. The van der Waals surface area contributed by atoms with E-state index in [-0.39, 0.29) is 18.2 Å². The van der Waals surface area contributed by atoms with Gasteiger partial charge < -0.3 is 14.3 Å². The fourth-order valence-electron chi connectivity index (χ4n) is 3.50. The second kappa shape index (κ2) is 7.28. The third-order valence-electron chi connectivity index (χ3n) is 5.22. The number of aryl methyl sites for hydroxylation is 2. The number of carbonyl (C=O) groups excluding carboxylic acids is 1. The molecule has 0 unspecified atom stereocenters. The van der Waals surface area contributed by atoms with Crippen molar-refractivity contribution < 1.29 is 13.7 Å². The van der Waals surface area contributed by atoms with Gasteiger partial charge in [0.15, 0.2) is 0 Å². The number of nitrogens with zero attached hydrogens (tertiary/aromatic N) is 5. The van der Waals surface area contributed by atoms with Gasteiger partial charge in [-0.1, -0.05) is 11.2 Å². The van der Waals surface area contributed by atoms with Crippen molar-refractivity contribution in [1.82, 2.24) is 25.7 Å². The summed E-state index contributed by atoms with van der Waals surface area (Å²) in [7, 11) is 0. The van der Waals surface area contributed by atoms with Gasteiger partial charge in [-0.25, -0.2) is 4.98 Å². The van der Waals surface area contributed by atoms with Gasteiger partial charge in [-0.15, -0.1) is 21.5 Å². The van der Waals surface area contributed by atoms with Crippen LogP contribution in [0.3, 0.4) is 0 Å². The van der Waals surface area contributed by atoms with Crippen LogP contribution in [0.2, 0.25) is 0 Å². The van der Waals surface area contributed by atoms with Crippen molar-refractivity contribution in [2.24, 2.45) is 0 Å². The Morgan fingerprint density at radius 3 is 2.81 bits per heavy atom. The molecule has 1 saturated carbocycles. The summed E-state index contributed by atoms with van der Waals surface area (Å²) in [6.07, 6.45) is 1.70. The Bertz CT molecular complexity index is 1320. The smallest absolute Gasteiger partial charge is 0.230 e. The van der Waals surface area contributed by atoms with Gasteiger partial charge in [0.1, 0.15) is 22.7 Å². The molecule has 1 N–H and O–H groups in total. The fourth-order valence-corrected chi connectivity index (χ4v) is 4.49. The first-order valence-electron chi connectivity index (χ1n) is 9.81. The summed E-state index contributed by atoms with van der Waals surface area (Å²) in [5.41, 5.74) is 3.08. The second-order valence-electron chi connectivity index (χ2n) is 7.67. The molecule has 156 valence electrons. The monoisotopic (exact) mass is 434 g/mol. The minimum atomic E-state index is -0.705. The Balaban J connectivity index is 1.30. The molecule has 0 aliphatic heterocycles. The number of fused-ring (bicyclic) bond motifs is 1. The number of rotatable bonds is 6. The molecule has 1 amide bonds. The maximum atomic E-state index is 12.1. The van der Waals surface area contributed by atoms with Gasteiger partial charge in [-0.3, -0.25) is 4.79 Å². The number of carbonyl (C=O) groups is 1. The van der Waals surface area contributed by atoms with Crippen LogP contribution in [0.5, 0.6) is 0 Å². The van der Waals surface area contributed by atoms with Crippen LogP contribution in [-0.2, 0) is 17.6 Å². The first-order chi connectivity index (χ1) is 14.9. The van der Waals surface area contributed by atoms with E-state index in [2.05, 4.69) is 37.8 Å². The van der Waals surface area contributed by atoms with Gasteiger partial charge in [0.05, 0.1) is 28.4 Å². The summed E-state index contributed by atoms with van der Waals surface area (Å²) in [6.45, 7) is 3.82. The maximum absolute atomic E-state index is 12.1. The average Bonchev–Trinajstić information content (AvgIpc) is 3.03. The number of aromatic nitrogens is 4. The number of nitriles is 1. The fraction of sp³-hybridized carbons (Fsp3) is 0.333. The summed E-state index contributed by atoms with van der Waals surface area (Å²) >= 11 is 1.55. The molecule has 4 aromatic rings. The molecule has 3 heterocycles. The van der Waals surface area contributed by atoms with E-state index in [9.17, 15) is 4.79 Å². The molecule has 0 radical (unpaired) electrons. The molecule has 1 aliphatic rings. The van der Waals surface area contributed by atoms with E-state index < -0.39 is 5.54 Å². The molecule has 1 aliphatic carbocycles. The van der Waals surface area contributed by atoms with E-state index in [1.54, 1.807) is 11.3 Å². The highest BCUT2D eigenvalue weighted by Crippen LogP contribution is 2.34. The lowest BCUT2D eigenvalue weighted by Crippen LogP contribution is -2.36. The van der Waals surface area contributed by atoms with Gasteiger partial charge in [-0.05, 0) is 44.4 Å². The number of hydrogen-bond acceptors (Lipinski definition) is 9. The van der Waals surface area contributed by atoms with Gasteiger partial charge in [0.2, 0.25) is 17.7 Å². The SMILES string of the molecule is Cc1noc(C)c1-c1ccc2nc(Cc3nnc(CC(=O)NC4(C#N)CC4)o3)sc2c1. The number of hydrogen-bond donors (Lipinski definition) is 1. The van der Waals surface area contributed by atoms with Crippen molar-refractivity contribution >= 4 is 27.5 Å². The van der Waals surface area contributed by atoms with E-state index in [0.717, 1.165) is 37.8 Å². The number of thiazole rings is 1. The van der Waals surface area contributed by atoms with Crippen molar-refractivity contribution in [1.29, 1.82) is 5.26 Å². The van der Waals surface area contributed by atoms with E-state index in [0.29, 0.717) is 25.2 Å². The normalized spacial score (nSPS) is 14.5. The summed E-state index contributed by atoms with van der Waals surface area (Å²) < 4.78 is 11.9. The van der Waals surface area contributed by atoms with E-state index in [1.807, 2.05) is 26.0 Å². The molecule has 9 nitrogen and oxygen atoms in total. The van der Waals surface area contributed by atoms with Crippen LogP contribution in [0.15, 0.2) is 27.1 Å². The molecule has 10 heteroatoms. The Morgan fingerprint density at radius 1 is 1.29 bits per heavy atom. The molecule has 0 atom stereocenters. The van der Waals surface area contributed by atoms with Crippen LogP contribution in [0.4, 0.5) is 0 Å². The molecule has 0 bridgehead atoms. The van der Waals surface area contributed by atoms with E-state index in [1.165, 1.54) is 0 Å². The second-order valence-corrected chi connectivity index (χ2v) is 8.79. The molecule has 0 spiro atoms. The summed E-state index contributed by atoms with van der Waals surface area (Å²) in [5.74, 6) is 1.12. The van der Waals surface area contributed by atoms with Crippen molar-refractivity contribution in [2.75, 3.05) is 0 Å². The zero-order valence-electron chi connectivity index (χ0n) is 16.9. The lowest BCUT2D eigenvalue weighted by Gasteiger charge is -2.06. The third kappa shape index (κ3) is 3.80. The molecule has 1 fully saturated rings. The van der Waals surface area contributed by atoms with E-state index in [4.69, 9.17) is 14.2 Å². The molecule has 5 rings (SSSR count). The van der Waals surface area contributed by atoms with Crippen molar-refractivity contribution in [3.63, 3.8) is 0 Å². The average molecular weight is 434 g/mol. The van der Waals surface area contributed by atoms with Crippen molar-refractivity contribution in [3.05, 3.63) is 46.4 Å². The summed E-state index contributed by atoms with van der Waals surface area (Å²) in [6, 6.07) is 8.19. The molecular weight excluding hydrogens is 416 g/mol. The Labute approximate surface area is 181 Å². The molecule has 0 saturated heterocycles. The minimum Gasteiger partial charge on any atom is -0.424 e. The standard InChI is InChI=1S/C21H18N6O3S/c1-11-20(12(2)30-27-11)13-3-4-14-15(7-13)31-19(23-14)9-18-26-25-17(29-18)8-16(28)24-21(10-22)5-6-21/h3-4,7H,5-6,8-9H2,1-2H3,(H,24,28). The Morgan fingerprint density at radius 2 is 2.10 bits per heavy atom. The topological polar surface area (TPSA) is 131 Å². The maximum Gasteiger partial charge on any atom is 0.230 e.